The molecule has 7 heteroatoms. The number of aromatic nitrogens is 1. The van der Waals surface area contributed by atoms with Crippen LogP contribution in [-0.2, 0) is 25.5 Å². The molecule has 5 atom stereocenters. The molecule has 1 aliphatic carbocycles. The van der Waals surface area contributed by atoms with Crippen molar-refractivity contribution in [2.24, 2.45) is 11.8 Å². The van der Waals surface area contributed by atoms with Gasteiger partial charge in [0.1, 0.15) is 11.7 Å². The molecule has 1 heterocycles. The van der Waals surface area contributed by atoms with E-state index in [-0.39, 0.29) is 19.3 Å². The van der Waals surface area contributed by atoms with Gasteiger partial charge in [-0.05, 0) is 50.8 Å². The van der Waals surface area contributed by atoms with Crippen molar-refractivity contribution < 1.29 is 29.3 Å². The number of ketones is 2. The third-order valence-electron chi connectivity index (χ3n) is 6.02. The lowest BCUT2D eigenvalue weighted by molar-refractivity contribution is -0.156. The van der Waals surface area contributed by atoms with E-state index in [0.717, 1.165) is 5.69 Å². The van der Waals surface area contributed by atoms with Crippen molar-refractivity contribution in [2.75, 3.05) is 0 Å². The first-order valence-electron chi connectivity index (χ1n) is 11.6. The Bertz CT molecular complexity index is 947. The van der Waals surface area contributed by atoms with E-state index >= 15 is 0 Å². The molecule has 0 aliphatic heterocycles. The summed E-state index contributed by atoms with van der Waals surface area (Å²) < 4.78 is 5.32. The largest absolute Gasteiger partial charge is 0.455 e. The van der Waals surface area contributed by atoms with Crippen molar-refractivity contribution in [3.63, 3.8) is 0 Å². The molecule has 0 unspecified atom stereocenters. The highest BCUT2D eigenvalue weighted by molar-refractivity contribution is 6.38. The quantitative estimate of drug-likeness (QED) is 0.294. The Balaban J connectivity index is 2.33. The minimum absolute atomic E-state index is 0.0862. The van der Waals surface area contributed by atoms with Crippen LogP contribution in [0.5, 0.6) is 0 Å². The third-order valence-corrected chi connectivity index (χ3v) is 6.02. The minimum Gasteiger partial charge on any atom is -0.455 e. The molecule has 0 bridgehead atoms. The van der Waals surface area contributed by atoms with E-state index in [1.54, 1.807) is 38.3 Å². The predicted octanol–water partition coefficient (Wildman–Crippen LogP) is 3.30. The van der Waals surface area contributed by atoms with Crippen molar-refractivity contribution in [2.45, 2.75) is 71.2 Å². The smallest absolute Gasteiger partial charge is 0.303 e. The number of aliphatic hydroxyl groups excluding tert-OH is 1. The Kier molecular flexibility index (Phi) is 10.1. The SMILES string of the molecule is CC(=O)O[C@@H]1/C=C/[C@H](C)[C@@H](/C(C)=C/C=C/Cc2ccccn2)C(=O)C(=O)C[C@H](O)CC[C@@]1(C)O. The molecule has 0 fully saturated rings. The normalized spacial score (nSPS) is 30.5. The van der Waals surface area contributed by atoms with Gasteiger partial charge in [0.25, 0.3) is 0 Å². The van der Waals surface area contributed by atoms with Crippen LogP contribution in [0.3, 0.4) is 0 Å². The molecule has 1 aromatic heterocycles. The second kappa shape index (κ2) is 12.5. The molecule has 0 saturated heterocycles. The molecule has 184 valence electrons. The van der Waals surface area contributed by atoms with Crippen molar-refractivity contribution >= 4 is 17.5 Å². The number of allylic oxidation sites excluding steroid dienone is 5. The second-order valence-corrected chi connectivity index (χ2v) is 9.16. The van der Waals surface area contributed by atoms with Crippen LogP contribution in [0.25, 0.3) is 0 Å². The number of nitrogens with zero attached hydrogens (tertiary/aromatic N) is 1. The van der Waals surface area contributed by atoms with Gasteiger partial charge in [0, 0.05) is 31.7 Å². The number of aliphatic hydroxyl groups is 2. The highest BCUT2D eigenvalue weighted by Crippen LogP contribution is 2.29. The zero-order valence-corrected chi connectivity index (χ0v) is 20.3. The fourth-order valence-electron chi connectivity index (χ4n) is 4.02. The summed E-state index contributed by atoms with van der Waals surface area (Å²) in [6.45, 7) is 6.36. The molecular weight excluding hydrogens is 434 g/mol. The monoisotopic (exact) mass is 469 g/mol. The number of rotatable bonds is 5. The standard InChI is InChI=1S/C27H35NO6/c1-18(9-5-6-10-21-11-7-8-16-28-21)25-19(2)12-13-24(34-20(3)29)27(4,33)15-14-22(30)17-23(31)26(25)32/h5-9,11-13,16,19,22,24-25,30,33H,10,14-15,17H2,1-4H3/b6-5+,13-12+,18-9+/t19-,22+,24+,25+,27+/m0/s1. The van der Waals surface area contributed by atoms with Crippen LogP contribution in [0.15, 0.2) is 60.3 Å². The van der Waals surface area contributed by atoms with Gasteiger partial charge in [0.05, 0.1) is 12.0 Å². The molecule has 0 saturated carbocycles. The van der Waals surface area contributed by atoms with Gasteiger partial charge in [-0.3, -0.25) is 19.4 Å². The fraction of sp³-hybridized carbons (Fsp3) is 0.481. The van der Waals surface area contributed by atoms with Gasteiger partial charge in [0.2, 0.25) is 11.6 Å². The second-order valence-electron chi connectivity index (χ2n) is 9.16. The molecule has 2 rings (SSSR count). The lowest BCUT2D eigenvalue weighted by Crippen LogP contribution is -2.42. The zero-order valence-electron chi connectivity index (χ0n) is 20.3. The number of ether oxygens (including phenoxy) is 1. The Morgan fingerprint density at radius 1 is 1.26 bits per heavy atom. The molecule has 0 radical (unpaired) electrons. The first kappa shape index (κ1) is 27.3. The number of hydrogen-bond acceptors (Lipinski definition) is 7. The summed E-state index contributed by atoms with van der Waals surface area (Å²) in [5.74, 6) is -2.92. The first-order valence-corrected chi connectivity index (χ1v) is 11.6. The Morgan fingerprint density at radius 3 is 2.65 bits per heavy atom. The van der Waals surface area contributed by atoms with Crippen LogP contribution in [0.1, 0.15) is 52.7 Å². The van der Waals surface area contributed by atoms with Gasteiger partial charge in [-0.15, -0.1) is 0 Å². The molecule has 0 amide bonds. The van der Waals surface area contributed by atoms with Crippen LogP contribution in [0, 0.1) is 11.8 Å². The van der Waals surface area contributed by atoms with Gasteiger partial charge in [-0.25, -0.2) is 0 Å². The average molecular weight is 470 g/mol. The van der Waals surface area contributed by atoms with Gasteiger partial charge in [-0.1, -0.05) is 42.9 Å². The summed E-state index contributed by atoms with van der Waals surface area (Å²) in [7, 11) is 0. The Labute approximate surface area is 201 Å². The maximum Gasteiger partial charge on any atom is 0.303 e. The number of carbonyl (C=O) groups is 3. The van der Waals surface area contributed by atoms with Crippen LogP contribution in [0.4, 0.5) is 0 Å². The van der Waals surface area contributed by atoms with E-state index in [0.29, 0.717) is 12.0 Å². The van der Waals surface area contributed by atoms with Crippen LogP contribution >= 0.6 is 0 Å². The highest BCUT2D eigenvalue weighted by atomic mass is 16.6. The van der Waals surface area contributed by atoms with E-state index in [9.17, 15) is 24.6 Å². The number of pyridine rings is 1. The van der Waals surface area contributed by atoms with Crippen LogP contribution in [-0.4, -0.2) is 50.5 Å². The van der Waals surface area contributed by atoms with E-state index in [1.165, 1.54) is 13.8 Å². The summed E-state index contributed by atoms with van der Waals surface area (Å²) in [4.78, 5) is 41.6. The Morgan fingerprint density at radius 2 is 2.00 bits per heavy atom. The molecular formula is C27H35NO6. The molecule has 0 spiro atoms. The van der Waals surface area contributed by atoms with E-state index < -0.39 is 47.2 Å². The first-order chi connectivity index (χ1) is 16.0. The van der Waals surface area contributed by atoms with Gasteiger partial charge in [0.15, 0.2) is 0 Å². The molecule has 1 aliphatic rings. The number of hydrogen-bond donors (Lipinski definition) is 2. The van der Waals surface area contributed by atoms with Crippen molar-refractivity contribution in [1.29, 1.82) is 0 Å². The van der Waals surface area contributed by atoms with Crippen molar-refractivity contribution in [1.82, 2.24) is 4.98 Å². The lowest BCUT2D eigenvalue weighted by atomic mass is 9.79. The van der Waals surface area contributed by atoms with E-state index in [2.05, 4.69) is 4.98 Å². The predicted molar refractivity (Wildman–Crippen MR) is 129 cm³/mol. The lowest BCUT2D eigenvalue weighted by Gasteiger charge is -2.32. The third kappa shape index (κ3) is 8.15. The number of esters is 1. The van der Waals surface area contributed by atoms with Gasteiger partial charge < -0.3 is 14.9 Å². The number of Topliss-reactive ketones (excluding diaryl/α,β-unsaturated/α-hetero) is 2. The summed E-state index contributed by atoms with van der Waals surface area (Å²) in [6, 6.07) is 5.68. The van der Waals surface area contributed by atoms with Gasteiger partial charge in [-0.2, -0.15) is 0 Å². The average Bonchev–Trinajstić information content (AvgIpc) is 2.78. The van der Waals surface area contributed by atoms with E-state index in [1.807, 2.05) is 30.4 Å². The fourth-order valence-corrected chi connectivity index (χ4v) is 4.02. The summed E-state index contributed by atoms with van der Waals surface area (Å²) in [6.07, 6.45) is 9.00. The highest BCUT2D eigenvalue weighted by Gasteiger charge is 2.36. The Hall–Kier alpha value is -2.90. The summed E-state index contributed by atoms with van der Waals surface area (Å²) >= 11 is 0. The summed E-state index contributed by atoms with van der Waals surface area (Å²) in [5.41, 5.74) is 0.162. The van der Waals surface area contributed by atoms with Crippen LogP contribution in [0.2, 0.25) is 0 Å². The summed E-state index contributed by atoms with van der Waals surface area (Å²) in [5, 5.41) is 21.2. The molecule has 2 N–H and O–H groups in total. The molecule has 0 aromatic carbocycles. The zero-order chi connectivity index (χ0) is 25.3. The minimum atomic E-state index is -1.44. The maximum absolute atomic E-state index is 13.1. The van der Waals surface area contributed by atoms with E-state index in [4.69, 9.17) is 4.74 Å². The maximum atomic E-state index is 13.1. The number of carbonyl (C=O) groups excluding carboxylic acids is 3. The topological polar surface area (TPSA) is 114 Å². The van der Waals surface area contributed by atoms with Gasteiger partial charge >= 0.3 is 5.97 Å². The van der Waals surface area contributed by atoms with Crippen LogP contribution < -0.4 is 0 Å². The molecule has 34 heavy (non-hydrogen) atoms. The van der Waals surface area contributed by atoms with Crippen molar-refractivity contribution in [3.05, 3.63) is 66.0 Å². The van der Waals surface area contributed by atoms with Crippen molar-refractivity contribution in [3.8, 4) is 0 Å². The molecule has 1 aromatic rings. The molecule has 7 nitrogen and oxygen atoms in total.